The molecule has 2 nitrogen and oxygen atoms in total. The van der Waals surface area contributed by atoms with E-state index in [-0.39, 0.29) is 0 Å². The predicted octanol–water partition coefficient (Wildman–Crippen LogP) is 3.72. The van der Waals surface area contributed by atoms with Gasteiger partial charge in [-0.05, 0) is 30.5 Å². The summed E-state index contributed by atoms with van der Waals surface area (Å²) in [4.78, 5) is 0. The summed E-state index contributed by atoms with van der Waals surface area (Å²) in [5.41, 5.74) is 1.13. The van der Waals surface area contributed by atoms with Crippen molar-refractivity contribution in [1.29, 1.82) is 0 Å². The molecule has 0 N–H and O–H groups in total. The Hall–Kier alpha value is -1.44. The fraction of sp³-hybridized carbons (Fsp3) is 0.357. The lowest BCUT2D eigenvalue weighted by Crippen LogP contribution is -1.90. The van der Waals surface area contributed by atoms with Crippen molar-refractivity contribution < 1.29 is 9.47 Å². The van der Waals surface area contributed by atoms with Crippen molar-refractivity contribution in [3.8, 4) is 11.5 Å². The van der Waals surface area contributed by atoms with E-state index in [1.165, 1.54) is 0 Å². The SMILES string of the molecule is [CH2]CCCC=Cc1ccc(OC)c(OC)c1. The molecule has 1 rings (SSSR count). The predicted molar refractivity (Wildman–Crippen MR) is 67.8 cm³/mol. The second-order valence-electron chi connectivity index (χ2n) is 3.51. The third-order valence-corrected chi connectivity index (χ3v) is 2.34. The monoisotopic (exact) mass is 219 g/mol. The minimum Gasteiger partial charge on any atom is -0.493 e. The molecule has 0 unspecified atom stereocenters. The molecule has 1 aromatic rings. The molecule has 1 aromatic carbocycles. The lowest BCUT2D eigenvalue weighted by atomic mass is 10.1. The molecule has 0 aliphatic heterocycles. The van der Waals surface area contributed by atoms with Crippen LogP contribution in [0.4, 0.5) is 0 Å². The standard InChI is InChI=1S/C14H19O2/c1-4-5-6-7-8-12-9-10-13(15-2)14(11-12)16-3/h7-11H,1,4-6H2,2-3H3. The first-order chi connectivity index (χ1) is 7.81. The molecule has 0 amide bonds. The van der Waals surface area contributed by atoms with Crippen LogP contribution in [-0.2, 0) is 0 Å². The molecule has 1 radical (unpaired) electrons. The van der Waals surface area contributed by atoms with Gasteiger partial charge in [-0.3, -0.25) is 0 Å². The highest BCUT2D eigenvalue weighted by atomic mass is 16.5. The number of hydrogen-bond donors (Lipinski definition) is 0. The summed E-state index contributed by atoms with van der Waals surface area (Å²) in [5.74, 6) is 1.53. The van der Waals surface area contributed by atoms with E-state index in [1.807, 2.05) is 18.2 Å². The molecular weight excluding hydrogens is 200 g/mol. The van der Waals surface area contributed by atoms with Gasteiger partial charge < -0.3 is 9.47 Å². The first kappa shape index (κ1) is 12.6. The van der Waals surface area contributed by atoms with Crippen LogP contribution in [0.1, 0.15) is 24.8 Å². The van der Waals surface area contributed by atoms with Crippen LogP contribution < -0.4 is 9.47 Å². The fourth-order valence-corrected chi connectivity index (χ4v) is 1.44. The van der Waals surface area contributed by atoms with Gasteiger partial charge in [0.15, 0.2) is 11.5 Å². The van der Waals surface area contributed by atoms with E-state index >= 15 is 0 Å². The van der Waals surface area contributed by atoms with Gasteiger partial charge in [-0.1, -0.05) is 31.6 Å². The van der Waals surface area contributed by atoms with Crippen LogP contribution in [-0.4, -0.2) is 14.2 Å². The van der Waals surface area contributed by atoms with Crippen molar-refractivity contribution in [1.82, 2.24) is 0 Å². The Balaban J connectivity index is 2.71. The summed E-state index contributed by atoms with van der Waals surface area (Å²) in [5, 5.41) is 0. The molecule has 0 saturated carbocycles. The van der Waals surface area contributed by atoms with Gasteiger partial charge in [-0.15, -0.1) is 0 Å². The normalized spacial score (nSPS) is 10.7. The molecule has 0 saturated heterocycles. The zero-order chi connectivity index (χ0) is 11.8. The van der Waals surface area contributed by atoms with E-state index in [2.05, 4.69) is 19.1 Å². The van der Waals surface area contributed by atoms with Gasteiger partial charge in [-0.2, -0.15) is 0 Å². The highest BCUT2D eigenvalue weighted by molar-refractivity contribution is 5.55. The lowest BCUT2D eigenvalue weighted by Gasteiger charge is -2.07. The van der Waals surface area contributed by atoms with Gasteiger partial charge >= 0.3 is 0 Å². The molecule has 87 valence electrons. The Morgan fingerprint density at radius 3 is 2.56 bits per heavy atom. The smallest absolute Gasteiger partial charge is 0.161 e. The number of hydrogen-bond acceptors (Lipinski definition) is 2. The topological polar surface area (TPSA) is 18.5 Å². The average Bonchev–Trinajstić information content (AvgIpc) is 2.34. The van der Waals surface area contributed by atoms with E-state index in [0.717, 1.165) is 36.3 Å². The molecule has 0 bridgehead atoms. The molecule has 0 aliphatic rings. The molecule has 0 aliphatic carbocycles. The Bertz CT molecular complexity index is 343. The third kappa shape index (κ3) is 3.61. The molecule has 0 spiro atoms. The molecule has 0 aromatic heterocycles. The van der Waals surface area contributed by atoms with Crippen LogP contribution in [0.5, 0.6) is 11.5 Å². The summed E-state index contributed by atoms with van der Waals surface area (Å²) in [6, 6.07) is 5.90. The van der Waals surface area contributed by atoms with Crippen molar-refractivity contribution in [2.24, 2.45) is 0 Å². The molecule has 16 heavy (non-hydrogen) atoms. The molecule has 0 fully saturated rings. The average molecular weight is 219 g/mol. The van der Waals surface area contributed by atoms with Gasteiger partial charge in [0, 0.05) is 0 Å². The van der Waals surface area contributed by atoms with Crippen molar-refractivity contribution in [2.75, 3.05) is 14.2 Å². The van der Waals surface area contributed by atoms with Crippen molar-refractivity contribution in [2.45, 2.75) is 19.3 Å². The molecule has 0 heterocycles. The zero-order valence-corrected chi connectivity index (χ0v) is 10.0. The first-order valence-electron chi connectivity index (χ1n) is 5.49. The number of ether oxygens (including phenoxy) is 2. The maximum atomic E-state index is 5.24. The van der Waals surface area contributed by atoms with Crippen LogP contribution in [0.3, 0.4) is 0 Å². The number of unbranched alkanes of at least 4 members (excludes halogenated alkanes) is 2. The van der Waals surface area contributed by atoms with Crippen LogP contribution in [0, 0.1) is 6.92 Å². The first-order valence-corrected chi connectivity index (χ1v) is 5.49. The van der Waals surface area contributed by atoms with Crippen LogP contribution in [0.25, 0.3) is 6.08 Å². The number of allylic oxidation sites excluding steroid dienone is 1. The minimum atomic E-state index is 0.761. The number of benzene rings is 1. The summed E-state index contributed by atoms with van der Waals surface area (Å²) in [7, 11) is 3.29. The van der Waals surface area contributed by atoms with E-state index in [4.69, 9.17) is 9.47 Å². The van der Waals surface area contributed by atoms with Crippen LogP contribution in [0.15, 0.2) is 24.3 Å². The van der Waals surface area contributed by atoms with Gasteiger partial charge in [0.05, 0.1) is 14.2 Å². The third-order valence-electron chi connectivity index (χ3n) is 2.34. The van der Waals surface area contributed by atoms with E-state index in [9.17, 15) is 0 Å². The quantitative estimate of drug-likeness (QED) is 0.679. The Morgan fingerprint density at radius 1 is 1.19 bits per heavy atom. The Labute approximate surface area is 97.9 Å². The van der Waals surface area contributed by atoms with Crippen LogP contribution in [0.2, 0.25) is 0 Å². The maximum absolute atomic E-state index is 5.24. The highest BCUT2D eigenvalue weighted by Crippen LogP contribution is 2.27. The summed E-state index contributed by atoms with van der Waals surface area (Å²) >= 11 is 0. The van der Waals surface area contributed by atoms with Gasteiger partial charge in [0.25, 0.3) is 0 Å². The molecular formula is C14H19O2. The Morgan fingerprint density at radius 2 is 1.94 bits per heavy atom. The van der Waals surface area contributed by atoms with E-state index in [1.54, 1.807) is 14.2 Å². The number of rotatable bonds is 6. The fourth-order valence-electron chi connectivity index (χ4n) is 1.44. The minimum absolute atomic E-state index is 0.761. The van der Waals surface area contributed by atoms with Crippen molar-refractivity contribution in [3.05, 3.63) is 36.8 Å². The lowest BCUT2D eigenvalue weighted by molar-refractivity contribution is 0.355. The molecule has 2 heteroatoms. The van der Waals surface area contributed by atoms with Gasteiger partial charge in [0.1, 0.15) is 0 Å². The van der Waals surface area contributed by atoms with Gasteiger partial charge in [-0.25, -0.2) is 0 Å². The summed E-state index contributed by atoms with van der Waals surface area (Å²) in [6.07, 6.45) is 7.43. The largest absolute Gasteiger partial charge is 0.493 e. The maximum Gasteiger partial charge on any atom is 0.161 e. The summed E-state index contributed by atoms with van der Waals surface area (Å²) < 4.78 is 10.4. The van der Waals surface area contributed by atoms with E-state index in [0.29, 0.717) is 0 Å². The highest BCUT2D eigenvalue weighted by Gasteiger charge is 2.02. The Kier molecular flexibility index (Phi) is 5.48. The molecule has 0 atom stereocenters. The van der Waals surface area contributed by atoms with E-state index < -0.39 is 0 Å². The zero-order valence-electron chi connectivity index (χ0n) is 10.0. The second kappa shape index (κ2) is 6.94. The van der Waals surface area contributed by atoms with Gasteiger partial charge in [0.2, 0.25) is 0 Å². The number of methoxy groups -OCH3 is 2. The van der Waals surface area contributed by atoms with Crippen LogP contribution >= 0.6 is 0 Å². The summed E-state index contributed by atoms with van der Waals surface area (Å²) in [6.45, 7) is 3.81. The van der Waals surface area contributed by atoms with Crippen molar-refractivity contribution >= 4 is 6.08 Å². The van der Waals surface area contributed by atoms with Crippen molar-refractivity contribution in [3.63, 3.8) is 0 Å². The second-order valence-corrected chi connectivity index (χ2v) is 3.51.